The number of halogens is 1. The van der Waals surface area contributed by atoms with Crippen LogP contribution in [0.1, 0.15) is 22.9 Å². The molecule has 1 amide bonds. The number of carbonyl (C=O) groups excluding carboxylic acids is 1. The predicted molar refractivity (Wildman–Crippen MR) is 83.2 cm³/mol. The van der Waals surface area contributed by atoms with Gasteiger partial charge in [-0.15, -0.1) is 0 Å². The standard InChI is InChI=1S/C16H11ClN4O/c17-12-8-18-15-7-14(19-21(15)9-12)16-13-4-2-1-3-11(13)5-6-20(16)10-22/h1-10,16H. The molecule has 0 spiro atoms. The van der Waals surface area contributed by atoms with Gasteiger partial charge in [0.2, 0.25) is 6.41 Å². The van der Waals surface area contributed by atoms with Crippen LogP contribution in [-0.4, -0.2) is 25.9 Å². The van der Waals surface area contributed by atoms with Crippen molar-refractivity contribution in [3.05, 3.63) is 70.8 Å². The van der Waals surface area contributed by atoms with Crippen molar-refractivity contribution in [3.8, 4) is 0 Å². The van der Waals surface area contributed by atoms with Crippen LogP contribution in [0.3, 0.4) is 0 Å². The van der Waals surface area contributed by atoms with Gasteiger partial charge in [-0.25, -0.2) is 9.50 Å². The first kappa shape index (κ1) is 13.0. The summed E-state index contributed by atoms with van der Waals surface area (Å²) in [4.78, 5) is 17.3. The van der Waals surface area contributed by atoms with Gasteiger partial charge < -0.3 is 4.90 Å². The SMILES string of the molecule is O=CN1C=Cc2ccccc2C1c1cc2ncc(Cl)cn2n1. The van der Waals surface area contributed by atoms with Crippen molar-refractivity contribution in [2.75, 3.05) is 0 Å². The normalized spacial score (nSPS) is 16.8. The lowest BCUT2D eigenvalue weighted by atomic mass is 9.94. The Hall–Kier alpha value is -2.66. The zero-order valence-corrected chi connectivity index (χ0v) is 12.2. The van der Waals surface area contributed by atoms with E-state index in [1.165, 1.54) is 0 Å². The molecule has 0 fully saturated rings. The predicted octanol–water partition coefficient (Wildman–Crippen LogP) is 2.91. The maximum Gasteiger partial charge on any atom is 0.214 e. The Morgan fingerprint density at radius 1 is 1.27 bits per heavy atom. The molecular formula is C16H11ClN4O. The van der Waals surface area contributed by atoms with E-state index in [-0.39, 0.29) is 6.04 Å². The molecule has 0 saturated carbocycles. The minimum atomic E-state index is -0.265. The highest BCUT2D eigenvalue weighted by Crippen LogP contribution is 2.34. The molecule has 22 heavy (non-hydrogen) atoms. The van der Waals surface area contributed by atoms with Crippen molar-refractivity contribution in [1.29, 1.82) is 0 Å². The summed E-state index contributed by atoms with van der Waals surface area (Å²) in [6.07, 6.45) is 7.77. The Balaban J connectivity index is 1.90. The van der Waals surface area contributed by atoms with Gasteiger partial charge in [0.05, 0.1) is 16.9 Å². The molecule has 6 heteroatoms. The van der Waals surface area contributed by atoms with Gasteiger partial charge in [-0.1, -0.05) is 35.9 Å². The number of hydrogen-bond acceptors (Lipinski definition) is 3. The summed E-state index contributed by atoms with van der Waals surface area (Å²) in [6.45, 7) is 0. The number of benzene rings is 1. The Morgan fingerprint density at radius 3 is 3.00 bits per heavy atom. The van der Waals surface area contributed by atoms with Gasteiger partial charge in [0.25, 0.3) is 0 Å². The van der Waals surface area contributed by atoms with E-state index in [0.717, 1.165) is 23.2 Å². The molecule has 0 saturated heterocycles. The fourth-order valence-corrected chi connectivity index (χ4v) is 2.88. The molecule has 0 aliphatic carbocycles. The van der Waals surface area contributed by atoms with Crippen LogP contribution in [0.25, 0.3) is 11.7 Å². The van der Waals surface area contributed by atoms with E-state index in [2.05, 4.69) is 10.1 Å². The first-order chi connectivity index (χ1) is 10.8. The van der Waals surface area contributed by atoms with Crippen LogP contribution in [0.4, 0.5) is 0 Å². The average molecular weight is 311 g/mol. The lowest BCUT2D eigenvalue weighted by Crippen LogP contribution is -2.26. The van der Waals surface area contributed by atoms with E-state index in [1.54, 1.807) is 28.0 Å². The fraction of sp³-hybridized carbons (Fsp3) is 0.0625. The van der Waals surface area contributed by atoms with Crippen LogP contribution < -0.4 is 0 Å². The zero-order chi connectivity index (χ0) is 15.1. The Labute approximate surface area is 131 Å². The first-order valence-corrected chi connectivity index (χ1v) is 7.15. The summed E-state index contributed by atoms with van der Waals surface area (Å²) < 4.78 is 1.63. The van der Waals surface area contributed by atoms with Gasteiger partial charge in [-0.3, -0.25) is 4.79 Å². The molecule has 5 nitrogen and oxygen atoms in total. The third kappa shape index (κ3) is 1.98. The molecule has 1 unspecified atom stereocenters. The summed E-state index contributed by atoms with van der Waals surface area (Å²) in [7, 11) is 0. The van der Waals surface area contributed by atoms with Crippen LogP contribution >= 0.6 is 11.6 Å². The smallest absolute Gasteiger partial charge is 0.214 e. The molecule has 108 valence electrons. The Bertz CT molecular complexity index is 902. The van der Waals surface area contributed by atoms with E-state index < -0.39 is 0 Å². The molecule has 0 N–H and O–H groups in total. The number of nitrogens with zero attached hydrogens (tertiary/aromatic N) is 4. The molecule has 3 heterocycles. The molecule has 0 radical (unpaired) electrons. The summed E-state index contributed by atoms with van der Waals surface area (Å²) in [5, 5.41) is 5.04. The van der Waals surface area contributed by atoms with Gasteiger partial charge in [0, 0.05) is 18.5 Å². The fourth-order valence-electron chi connectivity index (χ4n) is 2.74. The summed E-state index contributed by atoms with van der Waals surface area (Å²) in [6, 6.07) is 9.56. The molecule has 1 aromatic carbocycles. The first-order valence-electron chi connectivity index (χ1n) is 6.77. The summed E-state index contributed by atoms with van der Waals surface area (Å²) in [5.41, 5.74) is 3.55. The van der Waals surface area contributed by atoms with Crippen molar-refractivity contribution in [3.63, 3.8) is 0 Å². The van der Waals surface area contributed by atoms with E-state index in [9.17, 15) is 4.79 Å². The summed E-state index contributed by atoms with van der Waals surface area (Å²) >= 11 is 5.95. The van der Waals surface area contributed by atoms with Gasteiger partial charge >= 0.3 is 0 Å². The topological polar surface area (TPSA) is 50.5 Å². The van der Waals surface area contributed by atoms with Crippen molar-refractivity contribution in [1.82, 2.24) is 19.5 Å². The number of fused-ring (bicyclic) bond motifs is 2. The second-order valence-electron chi connectivity index (χ2n) is 5.04. The van der Waals surface area contributed by atoms with Gasteiger partial charge in [0.1, 0.15) is 6.04 Å². The Kier molecular flexibility index (Phi) is 2.94. The number of aromatic nitrogens is 3. The van der Waals surface area contributed by atoms with E-state index in [1.807, 2.05) is 36.4 Å². The van der Waals surface area contributed by atoms with E-state index in [0.29, 0.717) is 10.7 Å². The van der Waals surface area contributed by atoms with Crippen LogP contribution in [0.5, 0.6) is 0 Å². The average Bonchev–Trinajstić information content (AvgIpc) is 2.96. The lowest BCUT2D eigenvalue weighted by molar-refractivity contribution is -0.117. The molecule has 3 aromatic rings. The third-order valence-electron chi connectivity index (χ3n) is 3.72. The highest BCUT2D eigenvalue weighted by Gasteiger charge is 2.27. The van der Waals surface area contributed by atoms with Crippen LogP contribution in [0, 0.1) is 0 Å². The maximum absolute atomic E-state index is 11.4. The van der Waals surface area contributed by atoms with Crippen molar-refractivity contribution >= 4 is 29.7 Å². The van der Waals surface area contributed by atoms with Crippen molar-refractivity contribution in [2.45, 2.75) is 6.04 Å². The molecule has 1 aliphatic rings. The molecule has 0 bridgehead atoms. The second kappa shape index (κ2) is 4.96. The number of carbonyl (C=O) groups is 1. The van der Waals surface area contributed by atoms with Gasteiger partial charge in [-0.2, -0.15) is 5.10 Å². The number of amides is 1. The largest absolute Gasteiger partial charge is 0.308 e. The minimum Gasteiger partial charge on any atom is -0.308 e. The molecule has 2 aromatic heterocycles. The van der Waals surface area contributed by atoms with Crippen LogP contribution in [0.15, 0.2) is 48.9 Å². The van der Waals surface area contributed by atoms with Gasteiger partial charge in [-0.05, 0) is 17.2 Å². The van der Waals surface area contributed by atoms with E-state index in [4.69, 9.17) is 11.6 Å². The molecular weight excluding hydrogens is 300 g/mol. The quantitative estimate of drug-likeness (QED) is 0.684. The molecule has 1 atom stereocenters. The monoisotopic (exact) mass is 310 g/mol. The van der Waals surface area contributed by atoms with E-state index >= 15 is 0 Å². The van der Waals surface area contributed by atoms with Crippen LogP contribution in [-0.2, 0) is 4.79 Å². The highest BCUT2D eigenvalue weighted by molar-refractivity contribution is 6.30. The summed E-state index contributed by atoms with van der Waals surface area (Å²) in [5.74, 6) is 0. The lowest BCUT2D eigenvalue weighted by Gasteiger charge is -2.28. The zero-order valence-electron chi connectivity index (χ0n) is 11.4. The Morgan fingerprint density at radius 2 is 2.14 bits per heavy atom. The molecule has 4 rings (SSSR count). The molecule has 1 aliphatic heterocycles. The number of hydrogen-bond donors (Lipinski definition) is 0. The van der Waals surface area contributed by atoms with Crippen molar-refractivity contribution in [2.24, 2.45) is 0 Å². The minimum absolute atomic E-state index is 0.265. The third-order valence-corrected chi connectivity index (χ3v) is 3.91. The van der Waals surface area contributed by atoms with Crippen molar-refractivity contribution < 1.29 is 4.79 Å². The highest BCUT2D eigenvalue weighted by atomic mass is 35.5. The van der Waals surface area contributed by atoms with Gasteiger partial charge in [0.15, 0.2) is 5.65 Å². The second-order valence-corrected chi connectivity index (χ2v) is 5.48. The number of rotatable bonds is 2. The van der Waals surface area contributed by atoms with Crippen LogP contribution in [0.2, 0.25) is 5.02 Å². The maximum atomic E-state index is 11.4.